The van der Waals surface area contributed by atoms with Crippen molar-refractivity contribution in [1.82, 2.24) is 20.0 Å². The zero-order valence-electron chi connectivity index (χ0n) is 13.2. The fourth-order valence-corrected chi connectivity index (χ4v) is 2.24. The lowest BCUT2D eigenvalue weighted by Crippen LogP contribution is -2.15. The minimum atomic E-state index is -0.393. The summed E-state index contributed by atoms with van der Waals surface area (Å²) in [4.78, 5) is 12.2. The second-order valence-electron chi connectivity index (χ2n) is 5.06. The van der Waals surface area contributed by atoms with Gasteiger partial charge in [-0.3, -0.25) is 0 Å². The number of ether oxygens (including phenoxy) is 1. The van der Waals surface area contributed by atoms with Crippen LogP contribution in [0, 0.1) is 6.92 Å². The third-order valence-electron chi connectivity index (χ3n) is 3.44. The van der Waals surface area contributed by atoms with E-state index in [0.717, 1.165) is 11.4 Å². The largest absolute Gasteiger partial charge is 0.460 e. The van der Waals surface area contributed by atoms with E-state index in [9.17, 15) is 4.79 Å². The molecule has 1 N–H and O–H groups in total. The summed E-state index contributed by atoms with van der Waals surface area (Å²) in [5.41, 5.74) is 2.10. The summed E-state index contributed by atoms with van der Waals surface area (Å²) in [6, 6.07) is 13.2. The van der Waals surface area contributed by atoms with Crippen molar-refractivity contribution in [2.24, 2.45) is 0 Å². The van der Waals surface area contributed by atoms with Gasteiger partial charge in [0.15, 0.2) is 0 Å². The van der Waals surface area contributed by atoms with E-state index in [4.69, 9.17) is 4.74 Å². The van der Waals surface area contributed by atoms with Crippen LogP contribution in [0.25, 0.3) is 5.69 Å². The van der Waals surface area contributed by atoms with E-state index in [1.807, 2.05) is 37.3 Å². The van der Waals surface area contributed by atoms with Crippen LogP contribution in [-0.2, 0) is 4.74 Å². The van der Waals surface area contributed by atoms with Crippen molar-refractivity contribution in [3.05, 3.63) is 66.1 Å². The van der Waals surface area contributed by atoms with Gasteiger partial charge >= 0.3 is 5.97 Å². The number of hydrogen-bond acceptors (Lipinski definition) is 6. The lowest BCUT2D eigenvalue weighted by molar-refractivity contribution is 0.0519. The monoisotopic (exact) mass is 323 g/mol. The first-order chi connectivity index (χ1) is 11.8. The third-order valence-corrected chi connectivity index (χ3v) is 3.44. The predicted octanol–water partition coefficient (Wildman–Crippen LogP) is 2.24. The highest BCUT2D eigenvalue weighted by atomic mass is 16.5. The smallest absolute Gasteiger partial charge is 0.341 e. The van der Waals surface area contributed by atoms with E-state index >= 15 is 0 Å². The van der Waals surface area contributed by atoms with Crippen LogP contribution in [0.2, 0.25) is 0 Å². The molecule has 0 aliphatic carbocycles. The molecule has 0 atom stereocenters. The van der Waals surface area contributed by atoms with E-state index in [1.165, 1.54) is 6.20 Å². The zero-order chi connectivity index (χ0) is 16.8. The molecule has 0 unspecified atom stereocenters. The average Bonchev–Trinajstić information content (AvgIpc) is 3.02. The minimum Gasteiger partial charge on any atom is -0.460 e. The standard InChI is InChI=1S/C17H17N5O2/c1-13-15(12-20-22(13)14-6-3-2-4-7-14)17(23)24-11-10-18-16-8-5-9-19-21-16/h2-9,12H,10-11H2,1H3,(H,18,21). The van der Waals surface area contributed by atoms with Crippen LogP contribution in [0.5, 0.6) is 0 Å². The molecule has 24 heavy (non-hydrogen) atoms. The molecule has 3 aromatic rings. The molecule has 0 aliphatic heterocycles. The van der Waals surface area contributed by atoms with Gasteiger partial charge in [0, 0.05) is 6.20 Å². The van der Waals surface area contributed by atoms with E-state index in [1.54, 1.807) is 23.0 Å². The molecule has 0 fully saturated rings. The predicted molar refractivity (Wildman–Crippen MR) is 89.1 cm³/mol. The van der Waals surface area contributed by atoms with Gasteiger partial charge in [0.1, 0.15) is 18.0 Å². The van der Waals surface area contributed by atoms with Crippen LogP contribution in [0.1, 0.15) is 16.1 Å². The van der Waals surface area contributed by atoms with Gasteiger partial charge in [0.25, 0.3) is 0 Å². The van der Waals surface area contributed by atoms with Crippen LogP contribution in [0.3, 0.4) is 0 Å². The van der Waals surface area contributed by atoms with Gasteiger partial charge in [-0.05, 0) is 31.2 Å². The first-order valence-electron chi connectivity index (χ1n) is 7.54. The Morgan fingerprint density at radius 1 is 1.21 bits per heavy atom. The van der Waals surface area contributed by atoms with Crippen molar-refractivity contribution >= 4 is 11.8 Å². The van der Waals surface area contributed by atoms with Gasteiger partial charge in [0.05, 0.1) is 24.1 Å². The summed E-state index contributed by atoms with van der Waals surface area (Å²) in [7, 11) is 0. The normalized spacial score (nSPS) is 10.4. The van der Waals surface area contributed by atoms with Crippen LogP contribution in [-0.4, -0.2) is 39.1 Å². The summed E-state index contributed by atoms with van der Waals surface area (Å²) in [5, 5.41) is 14.9. The Morgan fingerprint density at radius 2 is 2.04 bits per heavy atom. The number of carbonyl (C=O) groups is 1. The van der Waals surface area contributed by atoms with Gasteiger partial charge < -0.3 is 10.1 Å². The number of esters is 1. The highest BCUT2D eigenvalue weighted by Gasteiger charge is 2.16. The summed E-state index contributed by atoms with van der Waals surface area (Å²) in [5.74, 6) is 0.247. The Kier molecular flexibility index (Phi) is 4.81. The summed E-state index contributed by atoms with van der Waals surface area (Å²) >= 11 is 0. The van der Waals surface area contributed by atoms with Crippen LogP contribution in [0.15, 0.2) is 54.9 Å². The second-order valence-corrected chi connectivity index (χ2v) is 5.06. The van der Waals surface area contributed by atoms with Gasteiger partial charge in [0.2, 0.25) is 0 Å². The van der Waals surface area contributed by atoms with Gasteiger partial charge in [-0.2, -0.15) is 10.2 Å². The Labute approximate surface area is 139 Å². The fourth-order valence-electron chi connectivity index (χ4n) is 2.24. The molecule has 2 heterocycles. The number of nitrogens with one attached hydrogen (secondary N) is 1. The SMILES string of the molecule is Cc1c(C(=O)OCCNc2cccnn2)cnn1-c1ccccc1. The molecular formula is C17H17N5O2. The maximum Gasteiger partial charge on any atom is 0.341 e. The first kappa shape index (κ1) is 15.7. The minimum absolute atomic E-state index is 0.228. The molecule has 0 bridgehead atoms. The van der Waals surface area contributed by atoms with Crippen LogP contribution >= 0.6 is 0 Å². The second kappa shape index (κ2) is 7.36. The molecule has 0 radical (unpaired) electrons. The Morgan fingerprint density at radius 3 is 2.79 bits per heavy atom. The molecule has 1 aromatic carbocycles. The van der Waals surface area contributed by atoms with Gasteiger partial charge in [-0.15, -0.1) is 5.10 Å². The molecular weight excluding hydrogens is 306 g/mol. The van der Waals surface area contributed by atoms with Crippen molar-refractivity contribution in [3.63, 3.8) is 0 Å². The summed E-state index contributed by atoms with van der Waals surface area (Å²) in [6.45, 7) is 2.52. The van der Waals surface area contributed by atoms with Crippen molar-refractivity contribution in [1.29, 1.82) is 0 Å². The molecule has 7 heteroatoms. The number of benzene rings is 1. The molecule has 0 amide bonds. The van der Waals surface area contributed by atoms with E-state index < -0.39 is 5.97 Å². The molecule has 0 saturated carbocycles. The first-order valence-corrected chi connectivity index (χ1v) is 7.54. The van der Waals surface area contributed by atoms with Gasteiger partial charge in [-0.1, -0.05) is 18.2 Å². The fraction of sp³-hybridized carbons (Fsp3) is 0.176. The van der Waals surface area contributed by atoms with E-state index in [0.29, 0.717) is 17.9 Å². The van der Waals surface area contributed by atoms with E-state index in [2.05, 4.69) is 20.6 Å². The number of rotatable bonds is 6. The highest BCUT2D eigenvalue weighted by Crippen LogP contribution is 2.14. The zero-order valence-corrected chi connectivity index (χ0v) is 13.2. The molecule has 0 spiro atoms. The van der Waals surface area contributed by atoms with E-state index in [-0.39, 0.29) is 6.61 Å². The molecule has 7 nitrogen and oxygen atoms in total. The van der Waals surface area contributed by atoms with Crippen molar-refractivity contribution in [2.45, 2.75) is 6.92 Å². The Hall–Kier alpha value is -3.22. The lowest BCUT2D eigenvalue weighted by Gasteiger charge is -2.07. The van der Waals surface area contributed by atoms with Gasteiger partial charge in [-0.25, -0.2) is 9.48 Å². The Bertz CT molecular complexity index is 802. The quantitative estimate of drug-likeness (QED) is 0.553. The van der Waals surface area contributed by atoms with Crippen LogP contribution < -0.4 is 5.32 Å². The van der Waals surface area contributed by atoms with Crippen molar-refractivity contribution in [2.75, 3.05) is 18.5 Å². The highest BCUT2D eigenvalue weighted by molar-refractivity contribution is 5.90. The molecule has 122 valence electrons. The third kappa shape index (κ3) is 3.57. The number of aromatic nitrogens is 4. The summed E-state index contributed by atoms with van der Waals surface area (Å²) in [6.07, 6.45) is 3.12. The maximum absolute atomic E-state index is 12.2. The number of nitrogens with zero attached hydrogens (tertiary/aromatic N) is 4. The molecule has 3 rings (SSSR count). The van der Waals surface area contributed by atoms with Crippen molar-refractivity contribution < 1.29 is 9.53 Å². The van der Waals surface area contributed by atoms with Crippen LogP contribution in [0.4, 0.5) is 5.82 Å². The molecule has 0 saturated heterocycles. The number of para-hydroxylation sites is 1. The Balaban J connectivity index is 1.57. The number of carbonyl (C=O) groups excluding carboxylic acids is 1. The lowest BCUT2D eigenvalue weighted by atomic mass is 10.2. The molecule has 2 aromatic heterocycles. The average molecular weight is 323 g/mol. The maximum atomic E-state index is 12.2. The topological polar surface area (TPSA) is 81.9 Å². The molecule has 0 aliphatic rings. The number of anilines is 1. The van der Waals surface area contributed by atoms with Crippen molar-refractivity contribution in [3.8, 4) is 5.69 Å². The number of hydrogen-bond donors (Lipinski definition) is 1. The summed E-state index contributed by atoms with van der Waals surface area (Å²) < 4.78 is 6.99.